The molecule has 2 atom stereocenters. The minimum absolute atomic E-state index is 0.293. The van der Waals surface area contributed by atoms with Crippen molar-refractivity contribution in [2.45, 2.75) is 23.2 Å². The molecule has 0 bridgehead atoms. The molecule has 0 radical (unpaired) electrons. The fourth-order valence-electron chi connectivity index (χ4n) is 3.17. The summed E-state index contributed by atoms with van der Waals surface area (Å²) < 4.78 is 87.3. The normalized spacial score (nSPS) is 28.5. The van der Waals surface area contributed by atoms with Crippen molar-refractivity contribution in [3.63, 3.8) is 0 Å². The zero-order valence-electron chi connectivity index (χ0n) is 12.8. The summed E-state index contributed by atoms with van der Waals surface area (Å²) in [6.07, 6.45) is 0. The monoisotopic (exact) mass is 366 g/mol. The van der Waals surface area contributed by atoms with Crippen molar-refractivity contribution in [3.05, 3.63) is 70.8 Å². The summed E-state index contributed by atoms with van der Waals surface area (Å²) in [5.74, 6) is -10.7. The van der Waals surface area contributed by atoms with Crippen LogP contribution in [0, 0.1) is 22.7 Å². The zero-order chi connectivity index (χ0) is 19.4. The molecule has 2 aromatic rings. The molecule has 1 aliphatic carbocycles. The van der Waals surface area contributed by atoms with Crippen molar-refractivity contribution in [2.24, 2.45) is 0 Å². The number of halogens is 6. The van der Waals surface area contributed by atoms with Crippen LogP contribution in [0.1, 0.15) is 22.3 Å². The smallest absolute Gasteiger partial charge is 0.227 e. The number of alkyl halides is 6. The molecule has 8 heteroatoms. The number of hydrogen-bond acceptors (Lipinski definition) is 2. The predicted octanol–water partition coefficient (Wildman–Crippen LogP) is 4.74. The van der Waals surface area contributed by atoms with Crippen LogP contribution < -0.4 is 0 Å². The third-order valence-corrected chi connectivity index (χ3v) is 4.51. The second-order valence-corrected chi connectivity index (χ2v) is 5.85. The molecule has 2 nitrogen and oxygen atoms in total. The number of benzene rings is 2. The molecule has 0 heterocycles. The Labute approximate surface area is 143 Å². The van der Waals surface area contributed by atoms with Gasteiger partial charge in [0.25, 0.3) is 0 Å². The maximum absolute atomic E-state index is 15.4. The standard InChI is InChI=1S/C18H8F6N2/c19-15(13-5-1-3-11(7-13)9-25)16(20,18(23,24)17(15,21)22)14-6-2-4-12(8-14)10-26/h1-8H/t15-,16-/m1/s1. The average molecular weight is 366 g/mol. The van der Waals surface area contributed by atoms with Gasteiger partial charge < -0.3 is 0 Å². The van der Waals surface area contributed by atoms with Crippen LogP contribution in [0.5, 0.6) is 0 Å². The Hall–Kier alpha value is -3.00. The molecular weight excluding hydrogens is 358 g/mol. The fourth-order valence-corrected chi connectivity index (χ4v) is 3.17. The molecule has 1 fully saturated rings. The van der Waals surface area contributed by atoms with Gasteiger partial charge in [0, 0.05) is 11.1 Å². The van der Waals surface area contributed by atoms with Gasteiger partial charge in [-0.05, 0) is 24.3 Å². The van der Waals surface area contributed by atoms with Crippen LogP contribution in [0.3, 0.4) is 0 Å². The van der Waals surface area contributed by atoms with E-state index in [1.165, 1.54) is 0 Å². The summed E-state index contributed by atoms with van der Waals surface area (Å²) in [6.45, 7) is 0. The van der Waals surface area contributed by atoms with Crippen molar-refractivity contribution in [1.82, 2.24) is 0 Å². The lowest BCUT2D eigenvalue weighted by molar-refractivity contribution is -0.451. The SMILES string of the molecule is N#Cc1cccc([C@]2(F)C(F)(F)C(F)(F)[C@@]2(F)c2cccc(C#N)c2)c1. The third kappa shape index (κ3) is 1.76. The van der Waals surface area contributed by atoms with Crippen LogP contribution >= 0.6 is 0 Å². The van der Waals surface area contributed by atoms with E-state index in [0.29, 0.717) is 24.3 Å². The maximum Gasteiger partial charge on any atom is 0.355 e. The van der Waals surface area contributed by atoms with E-state index in [2.05, 4.69) is 0 Å². The molecular formula is C18H8F6N2. The Morgan fingerprint density at radius 1 is 0.615 bits per heavy atom. The average Bonchev–Trinajstić information content (AvgIpc) is 2.65. The predicted molar refractivity (Wildman–Crippen MR) is 77.8 cm³/mol. The van der Waals surface area contributed by atoms with Gasteiger partial charge in [0.1, 0.15) is 0 Å². The summed E-state index contributed by atoms with van der Waals surface area (Å²) in [6, 6.07) is 10.0. The van der Waals surface area contributed by atoms with Gasteiger partial charge in [-0.25, -0.2) is 8.78 Å². The van der Waals surface area contributed by atoms with Gasteiger partial charge in [-0.15, -0.1) is 0 Å². The molecule has 0 spiro atoms. The van der Waals surface area contributed by atoms with Gasteiger partial charge in [-0.2, -0.15) is 28.1 Å². The quantitative estimate of drug-likeness (QED) is 0.721. The minimum atomic E-state index is -5.37. The molecule has 26 heavy (non-hydrogen) atoms. The van der Waals surface area contributed by atoms with Gasteiger partial charge >= 0.3 is 11.8 Å². The van der Waals surface area contributed by atoms with Crippen LogP contribution in [0.4, 0.5) is 26.3 Å². The number of rotatable bonds is 2. The second kappa shape index (κ2) is 5.25. The van der Waals surface area contributed by atoms with Crippen LogP contribution in [-0.2, 0) is 11.3 Å². The highest BCUT2D eigenvalue weighted by atomic mass is 19.3. The number of hydrogen-bond donors (Lipinski definition) is 0. The van der Waals surface area contributed by atoms with E-state index >= 15 is 8.78 Å². The Balaban J connectivity index is 2.31. The maximum atomic E-state index is 15.4. The van der Waals surface area contributed by atoms with Crippen molar-refractivity contribution >= 4 is 0 Å². The number of nitrogens with zero attached hydrogens (tertiary/aromatic N) is 2. The molecule has 0 amide bonds. The summed E-state index contributed by atoms with van der Waals surface area (Å²) in [4.78, 5) is 0. The van der Waals surface area contributed by atoms with Gasteiger partial charge in [0.15, 0.2) is 0 Å². The van der Waals surface area contributed by atoms with Crippen molar-refractivity contribution < 1.29 is 26.3 Å². The van der Waals surface area contributed by atoms with E-state index in [4.69, 9.17) is 10.5 Å². The zero-order valence-corrected chi connectivity index (χ0v) is 12.8. The lowest BCUT2D eigenvalue weighted by Crippen LogP contribution is -2.82. The van der Waals surface area contributed by atoms with E-state index in [-0.39, 0.29) is 11.1 Å². The van der Waals surface area contributed by atoms with Crippen LogP contribution in [0.2, 0.25) is 0 Å². The third-order valence-electron chi connectivity index (χ3n) is 4.51. The summed E-state index contributed by atoms with van der Waals surface area (Å²) in [5, 5.41) is 17.7. The van der Waals surface area contributed by atoms with Gasteiger partial charge in [-0.3, -0.25) is 0 Å². The van der Waals surface area contributed by atoms with Gasteiger partial charge in [0.2, 0.25) is 11.3 Å². The molecule has 0 unspecified atom stereocenters. The molecule has 0 aromatic heterocycles. The molecule has 1 saturated carbocycles. The van der Waals surface area contributed by atoms with E-state index < -0.39 is 34.3 Å². The lowest BCUT2D eigenvalue weighted by Gasteiger charge is -2.58. The fraction of sp³-hybridized carbons (Fsp3) is 0.222. The Bertz CT molecular complexity index is 895. The molecule has 1 aliphatic rings. The Kier molecular flexibility index (Phi) is 3.59. The van der Waals surface area contributed by atoms with E-state index in [0.717, 1.165) is 24.3 Å². The van der Waals surface area contributed by atoms with Crippen molar-refractivity contribution in [3.8, 4) is 12.1 Å². The van der Waals surface area contributed by atoms with E-state index in [9.17, 15) is 17.6 Å². The van der Waals surface area contributed by atoms with Gasteiger partial charge in [-0.1, -0.05) is 24.3 Å². The van der Waals surface area contributed by atoms with Gasteiger partial charge in [0.05, 0.1) is 23.3 Å². The van der Waals surface area contributed by atoms with E-state index in [1.807, 2.05) is 0 Å². The second-order valence-electron chi connectivity index (χ2n) is 5.85. The first-order valence-electron chi connectivity index (χ1n) is 7.22. The molecule has 0 saturated heterocycles. The topological polar surface area (TPSA) is 47.6 Å². The van der Waals surface area contributed by atoms with Crippen molar-refractivity contribution in [1.29, 1.82) is 10.5 Å². The largest absolute Gasteiger partial charge is 0.355 e. The lowest BCUT2D eigenvalue weighted by atomic mass is 9.55. The van der Waals surface area contributed by atoms with Crippen molar-refractivity contribution in [2.75, 3.05) is 0 Å². The highest BCUT2D eigenvalue weighted by molar-refractivity contribution is 5.51. The van der Waals surface area contributed by atoms with Crippen LogP contribution in [0.25, 0.3) is 0 Å². The Morgan fingerprint density at radius 2 is 0.962 bits per heavy atom. The first-order valence-corrected chi connectivity index (χ1v) is 7.22. The molecule has 2 aromatic carbocycles. The first-order chi connectivity index (χ1) is 12.1. The first kappa shape index (κ1) is 17.8. The Morgan fingerprint density at radius 3 is 1.27 bits per heavy atom. The van der Waals surface area contributed by atoms with E-state index in [1.54, 1.807) is 12.1 Å². The summed E-state index contributed by atoms with van der Waals surface area (Å²) in [5.41, 5.74) is -11.6. The highest BCUT2D eigenvalue weighted by Crippen LogP contribution is 2.76. The number of nitriles is 2. The van der Waals surface area contributed by atoms with Crippen LogP contribution in [-0.4, -0.2) is 11.8 Å². The van der Waals surface area contributed by atoms with Crippen LogP contribution in [0.15, 0.2) is 48.5 Å². The molecule has 0 N–H and O–H groups in total. The molecule has 0 aliphatic heterocycles. The minimum Gasteiger partial charge on any atom is -0.227 e. The molecule has 132 valence electrons. The summed E-state index contributed by atoms with van der Waals surface area (Å²) >= 11 is 0. The summed E-state index contributed by atoms with van der Waals surface area (Å²) in [7, 11) is 0. The highest BCUT2D eigenvalue weighted by Gasteiger charge is 2.98. The molecule has 3 rings (SSSR count).